The third kappa shape index (κ3) is 3.08. The van der Waals surface area contributed by atoms with E-state index in [4.69, 9.17) is 4.84 Å². The number of nitrogens with one attached hydrogen (secondary N) is 1. The van der Waals surface area contributed by atoms with Crippen molar-refractivity contribution in [3.8, 4) is 5.69 Å². The lowest BCUT2D eigenvalue weighted by molar-refractivity contribution is 0.129. The van der Waals surface area contributed by atoms with Crippen LogP contribution in [0.25, 0.3) is 5.69 Å². The largest absolute Gasteiger partial charge is 0.391 e. The van der Waals surface area contributed by atoms with Crippen molar-refractivity contribution in [3.63, 3.8) is 0 Å². The van der Waals surface area contributed by atoms with Crippen molar-refractivity contribution in [2.75, 3.05) is 0 Å². The van der Waals surface area contributed by atoms with Crippen LogP contribution in [0.15, 0.2) is 32.6 Å². The molecule has 1 aromatic heterocycles. The molecule has 0 aliphatic heterocycles. The number of hydrogen-bond donors (Lipinski definition) is 1. The maximum Gasteiger partial charge on any atom is 0.365 e. The molecule has 0 unspecified atom stereocenters. The van der Waals surface area contributed by atoms with Gasteiger partial charge in [0.1, 0.15) is 6.61 Å². The van der Waals surface area contributed by atoms with Crippen molar-refractivity contribution in [2.24, 2.45) is 5.16 Å². The Kier molecular flexibility index (Phi) is 4.10. The van der Waals surface area contributed by atoms with E-state index in [-0.39, 0.29) is 6.61 Å². The maximum absolute atomic E-state index is 11.6. The molecule has 1 aromatic carbocycles. The molecule has 0 aliphatic carbocycles. The fourth-order valence-corrected chi connectivity index (χ4v) is 1.94. The van der Waals surface area contributed by atoms with Gasteiger partial charge in [-0.05, 0) is 36.4 Å². The van der Waals surface area contributed by atoms with E-state index in [2.05, 4.69) is 36.6 Å². The van der Waals surface area contributed by atoms with Crippen molar-refractivity contribution in [1.82, 2.24) is 20.2 Å². The lowest BCUT2D eigenvalue weighted by Crippen LogP contribution is -2.18. The summed E-state index contributed by atoms with van der Waals surface area (Å²) >= 11 is 3.42. The summed E-state index contributed by atoms with van der Waals surface area (Å²) in [5.74, 6) is 0. The highest BCUT2D eigenvalue weighted by molar-refractivity contribution is 9.10. The maximum atomic E-state index is 11.6. The van der Waals surface area contributed by atoms with Gasteiger partial charge in [0.25, 0.3) is 0 Å². The van der Waals surface area contributed by atoms with Crippen LogP contribution < -0.4 is 5.69 Å². The van der Waals surface area contributed by atoms with Gasteiger partial charge in [0.15, 0.2) is 0 Å². The zero-order valence-electron chi connectivity index (χ0n) is 10.4. The Morgan fingerprint density at radius 1 is 1.53 bits per heavy atom. The minimum atomic E-state index is -0.408. The molecule has 19 heavy (non-hydrogen) atoms. The lowest BCUT2D eigenvalue weighted by atomic mass is 10.2. The SMILES string of the molecule is CC(C)=NOCc1c(Br)cccc1-n1nn[nH]c1=O. The number of nitrogens with zero attached hydrogens (tertiary/aromatic N) is 4. The molecule has 0 bridgehead atoms. The average Bonchev–Trinajstić information content (AvgIpc) is 2.77. The molecule has 1 N–H and O–H groups in total. The van der Waals surface area contributed by atoms with Crippen molar-refractivity contribution < 1.29 is 4.84 Å². The monoisotopic (exact) mass is 325 g/mol. The number of tetrazole rings is 1. The van der Waals surface area contributed by atoms with Gasteiger partial charge in [-0.3, -0.25) is 0 Å². The normalized spacial score (nSPS) is 10.3. The van der Waals surface area contributed by atoms with Crippen LogP contribution in [-0.4, -0.2) is 25.9 Å². The first-order valence-electron chi connectivity index (χ1n) is 5.51. The summed E-state index contributed by atoms with van der Waals surface area (Å²) in [6.45, 7) is 3.90. The van der Waals surface area contributed by atoms with Crippen LogP contribution >= 0.6 is 15.9 Å². The summed E-state index contributed by atoms with van der Waals surface area (Å²) in [5.41, 5.74) is 1.77. The Morgan fingerprint density at radius 3 is 2.95 bits per heavy atom. The first-order chi connectivity index (χ1) is 9.09. The van der Waals surface area contributed by atoms with E-state index < -0.39 is 5.69 Å². The van der Waals surface area contributed by atoms with Gasteiger partial charge in [-0.25, -0.2) is 9.89 Å². The smallest absolute Gasteiger partial charge is 0.365 e. The van der Waals surface area contributed by atoms with E-state index in [1.807, 2.05) is 19.9 Å². The van der Waals surface area contributed by atoms with Crippen molar-refractivity contribution in [1.29, 1.82) is 0 Å². The molecule has 0 atom stereocenters. The number of H-pyrrole nitrogens is 1. The van der Waals surface area contributed by atoms with Gasteiger partial charge in [-0.1, -0.05) is 27.2 Å². The van der Waals surface area contributed by atoms with Gasteiger partial charge in [-0.2, -0.15) is 4.68 Å². The van der Waals surface area contributed by atoms with E-state index in [9.17, 15) is 4.79 Å². The number of aromatic amines is 1. The molecule has 0 saturated carbocycles. The summed E-state index contributed by atoms with van der Waals surface area (Å²) in [6.07, 6.45) is 0. The number of benzene rings is 1. The molecule has 0 radical (unpaired) electrons. The molecule has 1 heterocycles. The quantitative estimate of drug-likeness (QED) is 0.683. The van der Waals surface area contributed by atoms with E-state index in [1.165, 1.54) is 4.68 Å². The van der Waals surface area contributed by atoms with Gasteiger partial charge in [0, 0.05) is 10.0 Å². The zero-order valence-corrected chi connectivity index (χ0v) is 12.0. The Balaban J connectivity index is 2.39. The van der Waals surface area contributed by atoms with Gasteiger partial charge in [0.05, 0.1) is 11.4 Å². The highest BCUT2D eigenvalue weighted by atomic mass is 79.9. The summed E-state index contributed by atoms with van der Waals surface area (Å²) in [4.78, 5) is 16.8. The standard InChI is InChI=1S/C11H12BrN5O2/c1-7(2)14-19-6-8-9(12)4-3-5-10(8)17-11(18)13-15-16-17/h3-5H,6H2,1-2H3,(H,13,16,18). The van der Waals surface area contributed by atoms with Gasteiger partial charge >= 0.3 is 5.69 Å². The van der Waals surface area contributed by atoms with Crippen LogP contribution in [0.5, 0.6) is 0 Å². The Hall–Kier alpha value is -1.96. The summed E-state index contributed by atoms with van der Waals surface area (Å²) < 4.78 is 1.98. The third-order valence-corrected chi connectivity index (χ3v) is 2.99. The van der Waals surface area contributed by atoms with E-state index >= 15 is 0 Å². The Labute approximate surface area is 117 Å². The van der Waals surface area contributed by atoms with Crippen molar-refractivity contribution in [2.45, 2.75) is 20.5 Å². The minimum absolute atomic E-state index is 0.223. The van der Waals surface area contributed by atoms with E-state index in [0.717, 1.165) is 15.7 Å². The molecule has 0 saturated heterocycles. The van der Waals surface area contributed by atoms with Crippen LogP contribution in [0.2, 0.25) is 0 Å². The highest BCUT2D eigenvalue weighted by Gasteiger charge is 2.12. The molecular formula is C11H12BrN5O2. The summed E-state index contributed by atoms with van der Waals surface area (Å²) in [7, 11) is 0. The van der Waals surface area contributed by atoms with Gasteiger partial charge in [-0.15, -0.1) is 0 Å². The number of hydrogen-bond acceptors (Lipinski definition) is 5. The average molecular weight is 326 g/mol. The van der Waals surface area contributed by atoms with Crippen LogP contribution in [0.1, 0.15) is 19.4 Å². The summed E-state index contributed by atoms with van der Waals surface area (Å²) in [5, 5.41) is 13.3. The molecule has 0 fully saturated rings. The van der Waals surface area contributed by atoms with Crippen LogP contribution in [0, 0.1) is 0 Å². The van der Waals surface area contributed by atoms with E-state index in [0.29, 0.717) is 5.69 Å². The van der Waals surface area contributed by atoms with Crippen molar-refractivity contribution >= 4 is 21.6 Å². The first kappa shape index (κ1) is 13.5. The number of aromatic nitrogens is 4. The van der Waals surface area contributed by atoms with Gasteiger partial charge in [0.2, 0.25) is 0 Å². The fraction of sp³-hybridized carbons (Fsp3) is 0.273. The van der Waals surface area contributed by atoms with E-state index in [1.54, 1.807) is 12.1 Å². The lowest BCUT2D eigenvalue weighted by Gasteiger charge is -2.09. The minimum Gasteiger partial charge on any atom is -0.391 e. The second kappa shape index (κ2) is 5.79. The number of halogens is 1. The van der Waals surface area contributed by atoms with Crippen LogP contribution in [0.4, 0.5) is 0 Å². The number of oxime groups is 1. The molecule has 2 aromatic rings. The molecule has 7 nitrogen and oxygen atoms in total. The first-order valence-corrected chi connectivity index (χ1v) is 6.30. The predicted molar refractivity (Wildman–Crippen MR) is 73.3 cm³/mol. The van der Waals surface area contributed by atoms with Crippen LogP contribution in [0.3, 0.4) is 0 Å². The molecule has 0 aliphatic rings. The predicted octanol–water partition coefficient (Wildman–Crippen LogP) is 1.63. The highest BCUT2D eigenvalue weighted by Crippen LogP contribution is 2.23. The van der Waals surface area contributed by atoms with Crippen LogP contribution in [-0.2, 0) is 11.4 Å². The molecule has 100 valence electrons. The van der Waals surface area contributed by atoms with Gasteiger partial charge < -0.3 is 4.84 Å². The van der Waals surface area contributed by atoms with Crippen molar-refractivity contribution in [3.05, 3.63) is 38.7 Å². The molecule has 8 heteroatoms. The molecule has 0 amide bonds. The zero-order chi connectivity index (χ0) is 13.8. The molecule has 2 rings (SSSR count). The second-order valence-corrected chi connectivity index (χ2v) is 4.82. The molecular weight excluding hydrogens is 314 g/mol. The Bertz CT molecular complexity index is 657. The third-order valence-electron chi connectivity index (χ3n) is 2.25. The Morgan fingerprint density at radius 2 is 2.32 bits per heavy atom. The number of rotatable bonds is 4. The second-order valence-electron chi connectivity index (χ2n) is 3.97. The fourth-order valence-electron chi connectivity index (χ4n) is 1.47. The molecule has 0 spiro atoms. The topological polar surface area (TPSA) is 85.2 Å². The summed E-state index contributed by atoms with van der Waals surface area (Å²) in [6, 6.07) is 5.42.